The number of aromatic nitrogens is 1. The van der Waals surface area contributed by atoms with E-state index in [0.29, 0.717) is 40.6 Å². The molecule has 1 atom stereocenters. The average molecular weight is 469 g/mol. The molecule has 6 heteroatoms. The standard InChI is InChI=1S/C29H28N2O4/c1-17(2)11-13-34-21-7-5-6-20(16-21)26-25-27(32)22-14-18(3)8-9-23(22)35-28(25)29(33)31(26)24-15-19(4)10-12-30-24/h5-10,12,14-17,26H,11,13H2,1-4H3. The van der Waals surface area contributed by atoms with Gasteiger partial charge in [0.2, 0.25) is 5.76 Å². The molecule has 4 aromatic rings. The quantitative estimate of drug-likeness (QED) is 0.348. The highest BCUT2D eigenvalue weighted by atomic mass is 16.5. The number of carbonyl (C=O) groups is 1. The number of ether oxygens (including phenoxy) is 1. The van der Waals surface area contributed by atoms with Crippen LogP contribution in [0.4, 0.5) is 5.82 Å². The first kappa shape index (κ1) is 22.8. The van der Waals surface area contributed by atoms with E-state index in [0.717, 1.165) is 23.1 Å². The minimum atomic E-state index is -0.679. The molecule has 0 saturated carbocycles. The van der Waals surface area contributed by atoms with E-state index in [9.17, 15) is 9.59 Å². The highest BCUT2D eigenvalue weighted by Crippen LogP contribution is 2.41. The SMILES string of the molecule is Cc1ccnc(N2C(=O)c3oc4ccc(C)cc4c(=O)c3C2c2cccc(OCCC(C)C)c2)c1. The Morgan fingerprint density at radius 2 is 1.83 bits per heavy atom. The third-order valence-corrected chi connectivity index (χ3v) is 6.31. The molecule has 178 valence electrons. The first-order valence-corrected chi connectivity index (χ1v) is 11.9. The fourth-order valence-corrected chi connectivity index (χ4v) is 4.48. The fourth-order valence-electron chi connectivity index (χ4n) is 4.48. The smallest absolute Gasteiger partial charge is 0.296 e. The van der Waals surface area contributed by atoms with Crippen LogP contribution in [0.15, 0.2) is 70.0 Å². The number of aryl methyl sites for hydroxylation is 2. The summed E-state index contributed by atoms with van der Waals surface area (Å²) in [5, 5.41) is 0.463. The second kappa shape index (κ2) is 9.02. The monoisotopic (exact) mass is 468 g/mol. The molecule has 2 aromatic heterocycles. The molecular weight excluding hydrogens is 440 g/mol. The zero-order valence-electron chi connectivity index (χ0n) is 20.4. The van der Waals surface area contributed by atoms with Gasteiger partial charge in [-0.15, -0.1) is 0 Å². The maximum atomic E-state index is 13.8. The lowest BCUT2D eigenvalue weighted by Crippen LogP contribution is -2.30. The van der Waals surface area contributed by atoms with Gasteiger partial charge in [-0.25, -0.2) is 4.98 Å². The van der Waals surface area contributed by atoms with E-state index in [4.69, 9.17) is 9.15 Å². The number of hydrogen-bond donors (Lipinski definition) is 0. The van der Waals surface area contributed by atoms with Crippen molar-refractivity contribution in [1.82, 2.24) is 4.98 Å². The number of benzene rings is 2. The number of rotatable bonds is 6. The van der Waals surface area contributed by atoms with Gasteiger partial charge in [0.05, 0.1) is 23.6 Å². The van der Waals surface area contributed by atoms with Crippen molar-refractivity contribution in [3.63, 3.8) is 0 Å². The lowest BCUT2D eigenvalue weighted by atomic mass is 9.98. The van der Waals surface area contributed by atoms with Gasteiger partial charge in [0.1, 0.15) is 17.2 Å². The molecule has 0 aliphatic carbocycles. The molecule has 0 radical (unpaired) electrons. The number of carbonyl (C=O) groups excluding carboxylic acids is 1. The zero-order valence-corrected chi connectivity index (χ0v) is 20.4. The van der Waals surface area contributed by atoms with Crippen molar-refractivity contribution in [2.45, 2.75) is 40.2 Å². The summed E-state index contributed by atoms with van der Waals surface area (Å²) in [7, 11) is 0. The Kier molecular flexibility index (Phi) is 5.89. The van der Waals surface area contributed by atoms with E-state index in [-0.39, 0.29) is 17.1 Å². The van der Waals surface area contributed by atoms with Gasteiger partial charge < -0.3 is 9.15 Å². The largest absolute Gasteiger partial charge is 0.494 e. The molecular formula is C29H28N2O4. The van der Waals surface area contributed by atoms with Crippen LogP contribution in [0.3, 0.4) is 0 Å². The van der Waals surface area contributed by atoms with Crippen molar-refractivity contribution in [3.05, 3.63) is 99.0 Å². The summed E-state index contributed by atoms with van der Waals surface area (Å²) in [5.41, 5.74) is 3.20. The van der Waals surface area contributed by atoms with Crippen LogP contribution in [-0.4, -0.2) is 17.5 Å². The summed E-state index contributed by atoms with van der Waals surface area (Å²) >= 11 is 0. The van der Waals surface area contributed by atoms with Gasteiger partial charge in [0.25, 0.3) is 5.91 Å². The van der Waals surface area contributed by atoms with E-state index in [2.05, 4.69) is 18.8 Å². The van der Waals surface area contributed by atoms with Crippen molar-refractivity contribution in [2.24, 2.45) is 5.92 Å². The number of pyridine rings is 1. The fraction of sp³-hybridized carbons (Fsp3) is 0.276. The molecule has 0 spiro atoms. The number of amides is 1. The summed E-state index contributed by atoms with van der Waals surface area (Å²) in [6.45, 7) is 8.77. The molecule has 1 unspecified atom stereocenters. The van der Waals surface area contributed by atoms with Crippen LogP contribution in [0, 0.1) is 19.8 Å². The first-order chi connectivity index (χ1) is 16.8. The lowest BCUT2D eigenvalue weighted by molar-refractivity contribution is 0.0970. The Morgan fingerprint density at radius 1 is 1.03 bits per heavy atom. The first-order valence-electron chi connectivity index (χ1n) is 11.9. The third kappa shape index (κ3) is 4.20. The Morgan fingerprint density at radius 3 is 2.60 bits per heavy atom. The summed E-state index contributed by atoms with van der Waals surface area (Å²) in [4.78, 5) is 33.5. The highest BCUT2D eigenvalue weighted by molar-refractivity contribution is 6.10. The summed E-state index contributed by atoms with van der Waals surface area (Å²) in [6, 6.07) is 16.0. The van der Waals surface area contributed by atoms with Gasteiger partial charge in [-0.05, 0) is 73.7 Å². The van der Waals surface area contributed by atoms with Crippen molar-refractivity contribution in [1.29, 1.82) is 0 Å². The van der Waals surface area contributed by atoms with Crippen LogP contribution in [-0.2, 0) is 0 Å². The lowest BCUT2D eigenvalue weighted by Gasteiger charge is -2.24. The number of anilines is 1. The van der Waals surface area contributed by atoms with Gasteiger partial charge in [-0.3, -0.25) is 14.5 Å². The number of nitrogens with zero attached hydrogens (tertiary/aromatic N) is 2. The van der Waals surface area contributed by atoms with Crippen molar-refractivity contribution in [2.75, 3.05) is 11.5 Å². The van der Waals surface area contributed by atoms with Crippen LogP contribution >= 0.6 is 0 Å². The normalized spacial score (nSPS) is 15.2. The zero-order chi connectivity index (χ0) is 24.7. The molecule has 3 heterocycles. The van der Waals surface area contributed by atoms with Gasteiger partial charge >= 0.3 is 0 Å². The maximum absolute atomic E-state index is 13.8. The maximum Gasteiger partial charge on any atom is 0.296 e. The summed E-state index contributed by atoms with van der Waals surface area (Å²) < 4.78 is 12.0. The Hall–Kier alpha value is -3.93. The van der Waals surface area contributed by atoms with E-state index >= 15 is 0 Å². The molecule has 6 nitrogen and oxygen atoms in total. The van der Waals surface area contributed by atoms with E-state index in [1.807, 2.05) is 62.4 Å². The predicted octanol–water partition coefficient (Wildman–Crippen LogP) is 5.98. The molecule has 0 fully saturated rings. The van der Waals surface area contributed by atoms with Crippen molar-refractivity contribution >= 4 is 22.7 Å². The van der Waals surface area contributed by atoms with Crippen LogP contribution in [0.25, 0.3) is 11.0 Å². The molecule has 2 aromatic carbocycles. The van der Waals surface area contributed by atoms with E-state index in [1.54, 1.807) is 17.2 Å². The molecule has 1 aliphatic rings. The molecule has 0 saturated heterocycles. The predicted molar refractivity (Wildman–Crippen MR) is 136 cm³/mol. The second-order valence-corrected chi connectivity index (χ2v) is 9.55. The molecule has 0 N–H and O–H groups in total. The van der Waals surface area contributed by atoms with Crippen LogP contribution < -0.4 is 15.1 Å². The van der Waals surface area contributed by atoms with Crippen molar-refractivity contribution in [3.8, 4) is 5.75 Å². The topological polar surface area (TPSA) is 72.6 Å². The summed E-state index contributed by atoms with van der Waals surface area (Å²) in [5.74, 6) is 1.38. The minimum Gasteiger partial charge on any atom is -0.494 e. The molecule has 0 bridgehead atoms. The van der Waals surface area contributed by atoms with Gasteiger partial charge in [-0.1, -0.05) is 37.6 Å². The molecule has 5 rings (SSSR count). The van der Waals surface area contributed by atoms with Crippen molar-refractivity contribution < 1.29 is 13.9 Å². The van der Waals surface area contributed by atoms with Gasteiger partial charge in [0, 0.05) is 6.20 Å². The number of hydrogen-bond acceptors (Lipinski definition) is 5. The third-order valence-electron chi connectivity index (χ3n) is 6.31. The van der Waals surface area contributed by atoms with E-state index in [1.165, 1.54) is 0 Å². The minimum absolute atomic E-state index is 0.0609. The Balaban J connectivity index is 1.69. The Bertz CT molecular complexity index is 1490. The van der Waals surface area contributed by atoms with Gasteiger partial charge in [-0.2, -0.15) is 0 Å². The van der Waals surface area contributed by atoms with Crippen LogP contribution in [0.2, 0.25) is 0 Å². The average Bonchev–Trinajstić information content (AvgIpc) is 3.12. The van der Waals surface area contributed by atoms with Crippen LogP contribution in [0.1, 0.15) is 59.1 Å². The van der Waals surface area contributed by atoms with Crippen LogP contribution in [0.5, 0.6) is 5.75 Å². The summed E-state index contributed by atoms with van der Waals surface area (Å²) in [6.07, 6.45) is 2.60. The molecule has 1 aliphatic heterocycles. The van der Waals surface area contributed by atoms with Gasteiger partial charge in [0.15, 0.2) is 5.43 Å². The Labute approximate surface area is 204 Å². The molecule has 35 heavy (non-hydrogen) atoms. The highest BCUT2D eigenvalue weighted by Gasteiger charge is 2.44. The number of fused-ring (bicyclic) bond motifs is 2. The second-order valence-electron chi connectivity index (χ2n) is 9.55. The van der Waals surface area contributed by atoms with E-state index < -0.39 is 6.04 Å². The molecule has 1 amide bonds.